The Morgan fingerprint density at radius 1 is 1.50 bits per heavy atom. The van der Waals surface area contributed by atoms with Gasteiger partial charge in [0.15, 0.2) is 0 Å². The van der Waals surface area contributed by atoms with Gasteiger partial charge in [0, 0.05) is 18.3 Å². The van der Waals surface area contributed by atoms with E-state index in [0.717, 1.165) is 30.9 Å². The van der Waals surface area contributed by atoms with Gasteiger partial charge in [-0.05, 0) is 25.5 Å². The van der Waals surface area contributed by atoms with Crippen LogP contribution in [0.5, 0.6) is 0 Å². The summed E-state index contributed by atoms with van der Waals surface area (Å²) in [7, 11) is 0. The minimum atomic E-state index is 0.224. The van der Waals surface area contributed by atoms with Crippen LogP contribution < -0.4 is 11.1 Å². The van der Waals surface area contributed by atoms with Crippen molar-refractivity contribution in [3.05, 3.63) is 23.9 Å². The molecule has 1 aromatic heterocycles. The highest BCUT2D eigenvalue weighted by atomic mass is 15.0. The molecule has 1 aromatic rings. The fourth-order valence-electron chi connectivity index (χ4n) is 1.35. The molecule has 1 atom stereocenters. The van der Waals surface area contributed by atoms with Crippen LogP contribution in [-0.2, 0) is 0 Å². The molecule has 0 amide bonds. The number of hydrogen-bond donors (Lipinski definition) is 2. The molecule has 0 radical (unpaired) electrons. The fraction of sp³-hybridized carbons (Fsp3) is 0.545. The number of nitrogens with one attached hydrogen (secondary N) is 1. The number of aryl methyl sites for hydroxylation is 1. The summed E-state index contributed by atoms with van der Waals surface area (Å²) in [6.07, 6.45) is 2.18. The molecule has 0 saturated carbocycles. The summed E-state index contributed by atoms with van der Waals surface area (Å²) in [6.45, 7) is 4.92. The van der Waals surface area contributed by atoms with Gasteiger partial charge in [-0.25, -0.2) is 4.98 Å². The molecule has 14 heavy (non-hydrogen) atoms. The van der Waals surface area contributed by atoms with Gasteiger partial charge in [0.1, 0.15) is 5.82 Å². The molecule has 78 valence electrons. The number of anilines is 1. The third kappa shape index (κ3) is 3.75. The van der Waals surface area contributed by atoms with Gasteiger partial charge in [0.25, 0.3) is 0 Å². The second-order valence-electron chi connectivity index (χ2n) is 3.59. The van der Waals surface area contributed by atoms with Gasteiger partial charge in [-0.15, -0.1) is 0 Å². The molecular formula is C11H19N3. The van der Waals surface area contributed by atoms with Gasteiger partial charge in [-0.3, -0.25) is 0 Å². The molecule has 0 spiro atoms. The van der Waals surface area contributed by atoms with Gasteiger partial charge >= 0.3 is 0 Å². The van der Waals surface area contributed by atoms with E-state index in [-0.39, 0.29) is 6.04 Å². The van der Waals surface area contributed by atoms with Crippen molar-refractivity contribution in [3.8, 4) is 0 Å². The van der Waals surface area contributed by atoms with E-state index in [1.165, 1.54) is 0 Å². The first kappa shape index (κ1) is 11.0. The van der Waals surface area contributed by atoms with Gasteiger partial charge in [-0.1, -0.05) is 19.4 Å². The van der Waals surface area contributed by atoms with Crippen molar-refractivity contribution in [1.82, 2.24) is 4.98 Å². The average Bonchev–Trinajstić information content (AvgIpc) is 2.15. The fourth-order valence-corrected chi connectivity index (χ4v) is 1.35. The maximum absolute atomic E-state index is 5.88. The summed E-state index contributed by atoms with van der Waals surface area (Å²) >= 11 is 0. The summed E-state index contributed by atoms with van der Waals surface area (Å²) in [5.41, 5.74) is 6.91. The Morgan fingerprint density at radius 2 is 2.29 bits per heavy atom. The summed E-state index contributed by atoms with van der Waals surface area (Å²) < 4.78 is 0. The SMILES string of the molecule is CCCC(N)CNc1cccc(C)n1. The average molecular weight is 193 g/mol. The van der Waals surface area contributed by atoms with Crippen molar-refractivity contribution in [2.45, 2.75) is 32.7 Å². The van der Waals surface area contributed by atoms with Crippen LogP contribution >= 0.6 is 0 Å². The van der Waals surface area contributed by atoms with Crippen LogP contribution in [0.4, 0.5) is 5.82 Å². The Balaban J connectivity index is 2.37. The number of hydrogen-bond acceptors (Lipinski definition) is 3. The largest absolute Gasteiger partial charge is 0.369 e. The van der Waals surface area contributed by atoms with E-state index in [2.05, 4.69) is 17.2 Å². The minimum Gasteiger partial charge on any atom is -0.369 e. The molecule has 3 N–H and O–H groups in total. The van der Waals surface area contributed by atoms with Crippen LogP contribution in [0.3, 0.4) is 0 Å². The summed E-state index contributed by atoms with van der Waals surface area (Å²) in [5, 5.41) is 3.23. The molecule has 1 unspecified atom stereocenters. The maximum atomic E-state index is 5.88. The normalized spacial score (nSPS) is 12.5. The first-order valence-electron chi connectivity index (χ1n) is 5.15. The molecule has 1 heterocycles. The summed E-state index contributed by atoms with van der Waals surface area (Å²) in [6, 6.07) is 6.17. The lowest BCUT2D eigenvalue weighted by Crippen LogP contribution is -2.28. The highest BCUT2D eigenvalue weighted by Crippen LogP contribution is 2.04. The van der Waals surface area contributed by atoms with Gasteiger partial charge in [0.2, 0.25) is 0 Å². The van der Waals surface area contributed by atoms with E-state index >= 15 is 0 Å². The smallest absolute Gasteiger partial charge is 0.126 e. The van der Waals surface area contributed by atoms with E-state index in [9.17, 15) is 0 Å². The molecule has 0 aliphatic heterocycles. The molecule has 3 nitrogen and oxygen atoms in total. The van der Waals surface area contributed by atoms with Crippen molar-refractivity contribution in [1.29, 1.82) is 0 Å². The van der Waals surface area contributed by atoms with E-state index in [4.69, 9.17) is 5.73 Å². The van der Waals surface area contributed by atoms with Crippen LogP contribution in [0.15, 0.2) is 18.2 Å². The van der Waals surface area contributed by atoms with Crippen LogP contribution in [-0.4, -0.2) is 17.6 Å². The van der Waals surface area contributed by atoms with E-state index in [0.29, 0.717) is 0 Å². The Kier molecular flexibility index (Phi) is 4.40. The quantitative estimate of drug-likeness (QED) is 0.751. The number of pyridine rings is 1. The number of aromatic nitrogens is 1. The summed E-state index contributed by atoms with van der Waals surface area (Å²) in [5.74, 6) is 0.913. The van der Waals surface area contributed by atoms with Gasteiger partial charge in [0.05, 0.1) is 0 Å². The molecule has 0 aliphatic carbocycles. The van der Waals surface area contributed by atoms with E-state index in [1.54, 1.807) is 0 Å². The lowest BCUT2D eigenvalue weighted by atomic mass is 10.2. The Hall–Kier alpha value is -1.09. The zero-order valence-corrected chi connectivity index (χ0v) is 8.96. The molecule has 0 saturated heterocycles. The maximum Gasteiger partial charge on any atom is 0.126 e. The Bertz CT molecular complexity index is 273. The van der Waals surface area contributed by atoms with Gasteiger partial charge in [-0.2, -0.15) is 0 Å². The molecule has 3 heteroatoms. The van der Waals surface area contributed by atoms with Gasteiger partial charge < -0.3 is 11.1 Å². The van der Waals surface area contributed by atoms with Crippen molar-refractivity contribution >= 4 is 5.82 Å². The molecule has 0 aromatic carbocycles. The zero-order valence-electron chi connectivity index (χ0n) is 8.96. The summed E-state index contributed by atoms with van der Waals surface area (Å²) in [4.78, 5) is 4.34. The van der Waals surface area contributed by atoms with Crippen molar-refractivity contribution in [2.24, 2.45) is 5.73 Å². The van der Waals surface area contributed by atoms with Crippen molar-refractivity contribution in [3.63, 3.8) is 0 Å². The van der Waals surface area contributed by atoms with Crippen molar-refractivity contribution in [2.75, 3.05) is 11.9 Å². The van der Waals surface area contributed by atoms with E-state index < -0.39 is 0 Å². The first-order chi connectivity index (χ1) is 6.72. The molecule has 1 rings (SSSR count). The Labute approximate surface area is 85.7 Å². The molecule has 0 bridgehead atoms. The third-order valence-electron chi connectivity index (χ3n) is 2.09. The number of nitrogens with zero attached hydrogens (tertiary/aromatic N) is 1. The van der Waals surface area contributed by atoms with Crippen LogP contribution in [0, 0.1) is 6.92 Å². The first-order valence-corrected chi connectivity index (χ1v) is 5.15. The topological polar surface area (TPSA) is 50.9 Å². The second-order valence-corrected chi connectivity index (χ2v) is 3.59. The van der Waals surface area contributed by atoms with Crippen LogP contribution in [0.25, 0.3) is 0 Å². The monoisotopic (exact) mass is 193 g/mol. The standard InChI is InChI=1S/C11H19N3/c1-3-5-10(12)8-13-11-7-4-6-9(2)14-11/h4,6-7,10H,3,5,8,12H2,1-2H3,(H,13,14). The second kappa shape index (κ2) is 5.60. The lowest BCUT2D eigenvalue weighted by molar-refractivity contribution is 0.626. The number of rotatable bonds is 5. The molecular weight excluding hydrogens is 174 g/mol. The van der Waals surface area contributed by atoms with Crippen LogP contribution in [0.1, 0.15) is 25.5 Å². The van der Waals surface area contributed by atoms with Crippen LogP contribution in [0.2, 0.25) is 0 Å². The highest BCUT2D eigenvalue weighted by molar-refractivity contribution is 5.35. The molecule has 0 aliphatic rings. The predicted molar refractivity (Wildman–Crippen MR) is 60.3 cm³/mol. The Morgan fingerprint density at radius 3 is 2.93 bits per heavy atom. The molecule has 0 fully saturated rings. The minimum absolute atomic E-state index is 0.224. The predicted octanol–water partition coefficient (Wildman–Crippen LogP) is 1.93. The van der Waals surface area contributed by atoms with Crippen molar-refractivity contribution < 1.29 is 0 Å². The highest BCUT2D eigenvalue weighted by Gasteiger charge is 2.00. The van der Waals surface area contributed by atoms with E-state index in [1.807, 2.05) is 25.1 Å². The lowest BCUT2D eigenvalue weighted by Gasteiger charge is -2.12. The zero-order chi connectivity index (χ0) is 10.4. The third-order valence-corrected chi connectivity index (χ3v) is 2.09. The number of nitrogens with two attached hydrogens (primary N) is 1.